The molecule has 0 fully saturated rings. The normalized spacial score (nSPS) is 11.4. The number of halogens is 4. The molecule has 1 heterocycles. The highest BCUT2D eigenvalue weighted by molar-refractivity contribution is 6.33. The Hall–Kier alpha value is -2.09. The van der Waals surface area contributed by atoms with Crippen LogP contribution in [0.1, 0.15) is 25.3 Å². The van der Waals surface area contributed by atoms with Crippen molar-refractivity contribution in [2.24, 2.45) is 0 Å². The summed E-state index contributed by atoms with van der Waals surface area (Å²) < 4.78 is 38.4. The number of aromatic nitrogens is 3. The largest absolute Gasteiger partial charge is 0.416 e. The second kappa shape index (κ2) is 7.65. The van der Waals surface area contributed by atoms with E-state index in [4.69, 9.17) is 11.6 Å². The molecule has 0 radical (unpaired) electrons. The third-order valence-corrected chi connectivity index (χ3v) is 3.62. The van der Waals surface area contributed by atoms with E-state index in [0.717, 1.165) is 31.5 Å². The van der Waals surface area contributed by atoms with Gasteiger partial charge in [-0.05, 0) is 24.6 Å². The van der Waals surface area contributed by atoms with E-state index in [1.165, 1.54) is 12.3 Å². The number of hydrogen-bond donors (Lipinski definition) is 1. The summed E-state index contributed by atoms with van der Waals surface area (Å²) in [6.45, 7) is 2.83. The van der Waals surface area contributed by atoms with Crippen LogP contribution >= 0.6 is 11.6 Å². The van der Waals surface area contributed by atoms with Crippen LogP contribution in [0.15, 0.2) is 24.4 Å². The Morgan fingerprint density at radius 2 is 2.04 bits per heavy atom. The van der Waals surface area contributed by atoms with E-state index in [2.05, 4.69) is 27.4 Å². The van der Waals surface area contributed by atoms with Gasteiger partial charge in [-0.2, -0.15) is 23.3 Å². The summed E-state index contributed by atoms with van der Waals surface area (Å²) in [5, 5.41) is 10.7. The number of benzene rings is 1. The molecule has 1 aromatic heterocycles. The molecule has 130 valence electrons. The minimum absolute atomic E-state index is 0.106. The molecule has 9 heteroatoms. The maximum absolute atomic E-state index is 12.8. The lowest BCUT2D eigenvalue weighted by Gasteiger charge is -2.17. The van der Waals surface area contributed by atoms with Gasteiger partial charge in [-0.3, -0.25) is 0 Å². The first-order valence-electron chi connectivity index (χ1n) is 7.36. The van der Waals surface area contributed by atoms with Crippen molar-refractivity contribution in [2.45, 2.75) is 25.9 Å². The van der Waals surface area contributed by atoms with Gasteiger partial charge < -0.3 is 10.2 Å². The lowest BCUT2D eigenvalue weighted by Crippen LogP contribution is -2.21. The van der Waals surface area contributed by atoms with Crippen LogP contribution in [-0.2, 0) is 6.18 Å². The van der Waals surface area contributed by atoms with E-state index in [1.807, 2.05) is 11.9 Å². The zero-order valence-electron chi connectivity index (χ0n) is 13.2. The summed E-state index contributed by atoms with van der Waals surface area (Å²) in [4.78, 5) is 6.08. The smallest absolute Gasteiger partial charge is 0.343 e. The molecule has 0 saturated carbocycles. The number of unbranched alkanes of at least 4 members (excludes halogenated alkanes) is 1. The number of nitrogens with one attached hydrogen (secondary N) is 1. The van der Waals surface area contributed by atoms with Gasteiger partial charge in [0.15, 0.2) is 5.82 Å². The molecule has 24 heavy (non-hydrogen) atoms. The SMILES string of the molecule is CCCCN(C)c1nncc(Nc2cc(C(F)(F)F)ccc2Cl)n1. The third kappa shape index (κ3) is 4.70. The van der Waals surface area contributed by atoms with Gasteiger partial charge in [0, 0.05) is 13.6 Å². The number of rotatable bonds is 6. The summed E-state index contributed by atoms with van der Waals surface area (Å²) in [5.41, 5.74) is -0.689. The van der Waals surface area contributed by atoms with Crippen molar-refractivity contribution in [3.8, 4) is 0 Å². The van der Waals surface area contributed by atoms with Gasteiger partial charge in [-0.25, -0.2) is 0 Å². The topological polar surface area (TPSA) is 53.9 Å². The molecular weight excluding hydrogens is 343 g/mol. The van der Waals surface area contributed by atoms with E-state index < -0.39 is 11.7 Å². The third-order valence-electron chi connectivity index (χ3n) is 3.29. The quantitative estimate of drug-likeness (QED) is 0.821. The van der Waals surface area contributed by atoms with E-state index in [1.54, 1.807) is 0 Å². The van der Waals surface area contributed by atoms with E-state index in [0.29, 0.717) is 5.95 Å². The Morgan fingerprint density at radius 1 is 1.29 bits per heavy atom. The van der Waals surface area contributed by atoms with Crippen molar-refractivity contribution in [3.05, 3.63) is 35.0 Å². The first-order chi connectivity index (χ1) is 11.3. The maximum atomic E-state index is 12.8. The van der Waals surface area contributed by atoms with E-state index in [9.17, 15) is 13.2 Å². The van der Waals surface area contributed by atoms with Gasteiger partial charge in [0.1, 0.15) is 0 Å². The van der Waals surface area contributed by atoms with Crippen molar-refractivity contribution in [2.75, 3.05) is 23.8 Å². The van der Waals surface area contributed by atoms with Crippen LogP contribution in [0.2, 0.25) is 5.02 Å². The van der Waals surface area contributed by atoms with Gasteiger partial charge in [-0.15, -0.1) is 5.10 Å². The minimum atomic E-state index is -4.45. The van der Waals surface area contributed by atoms with Crippen LogP contribution < -0.4 is 10.2 Å². The van der Waals surface area contributed by atoms with Gasteiger partial charge in [0.05, 0.1) is 22.5 Å². The second-order valence-corrected chi connectivity index (χ2v) is 5.64. The number of hydrogen-bond acceptors (Lipinski definition) is 5. The predicted octanol–water partition coefficient (Wildman–Crippen LogP) is 4.52. The molecular formula is C15H17ClF3N5. The molecule has 0 unspecified atom stereocenters. The van der Waals surface area contributed by atoms with E-state index in [-0.39, 0.29) is 16.5 Å². The summed E-state index contributed by atoms with van der Waals surface area (Å²) in [6, 6.07) is 3.05. The highest BCUT2D eigenvalue weighted by Crippen LogP contribution is 2.34. The molecule has 0 aliphatic carbocycles. The maximum Gasteiger partial charge on any atom is 0.416 e. The number of alkyl halides is 3. The lowest BCUT2D eigenvalue weighted by atomic mass is 10.2. The van der Waals surface area contributed by atoms with Crippen molar-refractivity contribution in [1.82, 2.24) is 15.2 Å². The average Bonchev–Trinajstić information content (AvgIpc) is 2.54. The van der Waals surface area contributed by atoms with E-state index >= 15 is 0 Å². The van der Waals surface area contributed by atoms with Crippen molar-refractivity contribution >= 4 is 29.1 Å². The van der Waals surface area contributed by atoms with Gasteiger partial charge >= 0.3 is 6.18 Å². The Balaban J connectivity index is 2.22. The zero-order valence-corrected chi connectivity index (χ0v) is 14.0. The number of anilines is 3. The lowest BCUT2D eigenvalue weighted by molar-refractivity contribution is -0.137. The Bertz CT molecular complexity index is 693. The second-order valence-electron chi connectivity index (χ2n) is 5.23. The standard InChI is InChI=1S/C15H17ClF3N5/c1-3-4-7-24(2)14-22-13(9-20-23-14)21-12-8-10(15(17,18)19)5-6-11(12)16/h5-6,8-9H,3-4,7H2,1-2H3,(H,21,22,23). The van der Waals surface area contributed by atoms with Gasteiger partial charge in [0.2, 0.25) is 5.95 Å². The molecule has 0 aliphatic heterocycles. The molecule has 5 nitrogen and oxygen atoms in total. The molecule has 0 bridgehead atoms. The minimum Gasteiger partial charge on any atom is -0.343 e. The van der Waals surface area contributed by atoms with Crippen molar-refractivity contribution in [1.29, 1.82) is 0 Å². The predicted molar refractivity (Wildman–Crippen MR) is 87.7 cm³/mol. The molecule has 0 spiro atoms. The highest BCUT2D eigenvalue weighted by Gasteiger charge is 2.31. The number of nitrogens with zero attached hydrogens (tertiary/aromatic N) is 4. The van der Waals surface area contributed by atoms with Crippen molar-refractivity contribution < 1.29 is 13.2 Å². The molecule has 2 rings (SSSR count). The van der Waals surface area contributed by atoms with Crippen LogP contribution in [0.4, 0.5) is 30.6 Å². The van der Waals surface area contributed by atoms with Crippen LogP contribution in [0.3, 0.4) is 0 Å². The summed E-state index contributed by atoms with van der Waals surface area (Å²) in [5.74, 6) is 0.654. The summed E-state index contributed by atoms with van der Waals surface area (Å²) in [6.07, 6.45) is -1.13. The average molecular weight is 360 g/mol. The molecule has 2 aromatic rings. The Kier molecular flexibility index (Phi) is 5.82. The molecule has 1 aromatic carbocycles. The Morgan fingerprint density at radius 3 is 2.71 bits per heavy atom. The monoisotopic (exact) mass is 359 g/mol. The first-order valence-corrected chi connectivity index (χ1v) is 7.73. The van der Waals surface area contributed by atoms with Crippen LogP contribution in [0.5, 0.6) is 0 Å². The van der Waals surface area contributed by atoms with Gasteiger partial charge in [0.25, 0.3) is 0 Å². The molecule has 0 atom stereocenters. The fourth-order valence-electron chi connectivity index (χ4n) is 1.95. The highest BCUT2D eigenvalue weighted by atomic mass is 35.5. The first kappa shape index (κ1) is 18.3. The fraction of sp³-hybridized carbons (Fsp3) is 0.400. The van der Waals surface area contributed by atoms with Crippen LogP contribution in [-0.4, -0.2) is 28.8 Å². The molecule has 0 amide bonds. The van der Waals surface area contributed by atoms with Crippen molar-refractivity contribution in [3.63, 3.8) is 0 Å². The summed E-state index contributed by atoms with van der Waals surface area (Å²) >= 11 is 5.96. The molecule has 0 aliphatic rings. The molecule has 1 N–H and O–H groups in total. The summed E-state index contributed by atoms with van der Waals surface area (Å²) in [7, 11) is 1.83. The van der Waals surface area contributed by atoms with Crippen LogP contribution in [0, 0.1) is 0 Å². The molecule has 0 saturated heterocycles. The Labute approximate surface area is 142 Å². The zero-order chi connectivity index (χ0) is 17.7. The van der Waals surface area contributed by atoms with Gasteiger partial charge in [-0.1, -0.05) is 24.9 Å². The fourth-order valence-corrected chi connectivity index (χ4v) is 2.11. The van der Waals surface area contributed by atoms with Crippen LogP contribution in [0.25, 0.3) is 0 Å².